The predicted octanol–water partition coefficient (Wildman–Crippen LogP) is 1.46. The summed E-state index contributed by atoms with van der Waals surface area (Å²) in [6.45, 7) is 2.59. The molecular formula is C13H16N4O2. The van der Waals surface area contributed by atoms with E-state index in [4.69, 9.17) is 4.74 Å². The van der Waals surface area contributed by atoms with Crippen molar-refractivity contribution < 1.29 is 9.53 Å². The number of esters is 1. The van der Waals surface area contributed by atoms with E-state index in [-0.39, 0.29) is 0 Å². The molecule has 0 saturated heterocycles. The molecule has 0 radical (unpaired) electrons. The second-order valence-corrected chi connectivity index (χ2v) is 4.15. The van der Waals surface area contributed by atoms with E-state index in [9.17, 15) is 4.79 Å². The predicted molar refractivity (Wildman–Crippen MR) is 68.7 cm³/mol. The Kier molecular flexibility index (Phi) is 4.22. The topological polar surface area (TPSA) is 69.9 Å². The fourth-order valence-corrected chi connectivity index (χ4v) is 1.86. The van der Waals surface area contributed by atoms with E-state index >= 15 is 0 Å². The normalized spacial score (nSPS) is 10.4. The lowest BCUT2D eigenvalue weighted by molar-refractivity contribution is 0.0592. The van der Waals surface area contributed by atoms with Gasteiger partial charge in [-0.15, -0.1) is 5.10 Å². The van der Waals surface area contributed by atoms with Crippen LogP contribution in [0.25, 0.3) is 0 Å². The van der Waals surface area contributed by atoms with Crippen molar-refractivity contribution in [3.63, 3.8) is 0 Å². The summed E-state index contributed by atoms with van der Waals surface area (Å²) in [6.07, 6.45) is 5.13. The molecule has 100 valence electrons. The van der Waals surface area contributed by atoms with Crippen molar-refractivity contribution in [3.05, 3.63) is 41.5 Å². The van der Waals surface area contributed by atoms with Gasteiger partial charge in [0.1, 0.15) is 0 Å². The molecule has 0 aromatic carbocycles. The van der Waals surface area contributed by atoms with E-state index in [1.165, 1.54) is 7.11 Å². The molecule has 0 N–H and O–H groups in total. The first kappa shape index (κ1) is 13.2. The molecule has 2 aromatic heterocycles. The maximum absolute atomic E-state index is 11.6. The van der Waals surface area contributed by atoms with Crippen LogP contribution in [0.3, 0.4) is 0 Å². The monoisotopic (exact) mass is 260 g/mol. The van der Waals surface area contributed by atoms with Crippen LogP contribution < -0.4 is 0 Å². The first-order valence-corrected chi connectivity index (χ1v) is 6.15. The van der Waals surface area contributed by atoms with Gasteiger partial charge in [0.25, 0.3) is 0 Å². The number of methoxy groups -OCH3 is 1. The SMILES string of the molecule is CCCc1c(C(=O)OC)nnn1Cc1cccnc1. The first-order valence-electron chi connectivity index (χ1n) is 6.15. The van der Waals surface area contributed by atoms with Gasteiger partial charge in [-0.1, -0.05) is 24.6 Å². The highest BCUT2D eigenvalue weighted by Crippen LogP contribution is 2.11. The third kappa shape index (κ3) is 2.96. The van der Waals surface area contributed by atoms with Crippen LogP contribution >= 0.6 is 0 Å². The summed E-state index contributed by atoms with van der Waals surface area (Å²) in [6, 6.07) is 3.83. The molecule has 0 saturated carbocycles. The number of carbonyl (C=O) groups is 1. The molecule has 19 heavy (non-hydrogen) atoms. The standard InChI is InChI=1S/C13H16N4O2/c1-3-5-11-12(13(18)19-2)15-16-17(11)9-10-6-4-7-14-8-10/h4,6-8H,3,5,9H2,1-2H3. The zero-order chi connectivity index (χ0) is 13.7. The smallest absolute Gasteiger partial charge is 0.360 e. The Morgan fingerprint density at radius 1 is 1.47 bits per heavy atom. The van der Waals surface area contributed by atoms with Gasteiger partial charge in [0.2, 0.25) is 0 Å². The van der Waals surface area contributed by atoms with Crippen LogP contribution in [0.1, 0.15) is 35.1 Å². The number of ether oxygens (including phenoxy) is 1. The third-order valence-corrected chi connectivity index (χ3v) is 2.76. The lowest BCUT2D eigenvalue weighted by Crippen LogP contribution is -2.10. The molecule has 2 heterocycles. The van der Waals surface area contributed by atoms with Crippen molar-refractivity contribution in [1.29, 1.82) is 0 Å². The highest BCUT2D eigenvalue weighted by molar-refractivity contribution is 5.88. The summed E-state index contributed by atoms with van der Waals surface area (Å²) in [4.78, 5) is 15.7. The molecule has 0 bridgehead atoms. The Bertz CT molecular complexity index is 551. The van der Waals surface area contributed by atoms with E-state index in [2.05, 4.69) is 15.3 Å². The van der Waals surface area contributed by atoms with Crippen LogP contribution in [0.2, 0.25) is 0 Å². The molecule has 0 aliphatic heterocycles. The second kappa shape index (κ2) is 6.08. The van der Waals surface area contributed by atoms with E-state index in [0.29, 0.717) is 12.2 Å². The van der Waals surface area contributed by atoms with Gasteiger partial charge in [-0.3, -0.25) is 4.98 Å². The van der Waals surface area contributed by atoms with Gasteiger partial charge >= 0.3 is 5.97 Å². The lowest BCUT2D eigenvalue weighted by atomic mass is 10.2. The van der Waals surface area contributed by atoms with Crippen LogP contribution in [0.15, 0.2) is 24.5 Å². The zero-order valence-electron chi connectivity index (χ0n) is 11.0. The number of rotatable bonds is 5. The molecule has 2 aromatic rings. The molecular weight excluding hydrogens is 244 g/mol. The molecule has 0 aliphatic rings. The number of hydrogen-bond acceptors (Lipinski definition) is 5. The minimum absolute atomic E-state index is 0.299. The molecule has 6 nitrogen and oxygen atoms in total. The summed E-state index contributed by atoms with van der Waals surface area (Å²) >= 11 is 0. The highest BCUT2D eigenvalue weighted by Gasteiger charge is 2.19. The number of aromatic nitrogens is 4. The number of pyridine rings is 1. The lowest BCUT2D eigenvalue weighted by Gasteiger charge is -2.06. The Labute approximate surface area is 111 Å². The average molecular weight is 260 g/mol. The molecule has 0 amide bonds. The average Bonchev–Trinajstić information content (AvgIpc) is 2.83. The third-order valence-electron chi connectivity index (χ3n) is 2.76. The number of carbonyl (C=O) groups excluding carboxylic acids is 1. The molecule has 6 heteroatoms. The van der Waals surface area contributed by atoms with Crippen LogP contribution in [0.5, 0.6) is 0 Å². The number of nitrogens with zero attached hydrogens (tertiary/aromatic N) is 4. The Morgan fingerprint density at radius 3 is 2.95 bits per heavy atom. The fourth-order valence-electron chi connectivity index (χ4n) is 1.86. The maximum Gasteiger partial charge on any atom is 0.360 e. The summed E-state index contributed by atoms with van der Waals surface area (Å²) < 4.78 is 6.45. The summed E-state index contributed by atoms with van der Waals surface area (Å²) in [5, 5.41) is 7.96. The van der Waals surface area contributed by atoms with Crippen LogP contribution in [-0.4, -0.2) is 33.1 Å². The van der Waals surface area contributed by atoms with Crippen LogP contribution in [-0.2, 0) is 17.7 Å². The maximum atomic E-state index is 11.6. The van der Waals surface area contributed by atoms with Crippen LogP contribution in [0, 0.1) is 0 Å². The van der Waals surface area contributed by atoms with Crippen molar-refractivity contribution in [2.75, 3.05) is 7.11 Å². The molecule has 0 aliphatic carbocycles. The molecule has 2 rings (SSSR count). The quantitative estimate of drug-likeness (QED) is 0.761. The molecule has 0 unspecified atom stereocenters. The van der Waals surface area contributed by atoms with Crippen molar-refractivity contribution in [2.24, 2.45) is 0 Å². The second-order valence-electron chi connectivity index (χ2n) is 4.15. The molecule has 0 spiro atoms. The number of hydrogen-bond donors (Lipinski definition) is 0. The van der Waals surface area contributed by atoms with Gasteiger partial charge < -0.3 is 4.74 Å². The Balaban J connectivity index is 2.30. The summed E-state index contributed by atoms with van der Waals surface area (Å²) in [5.74, 6) is -0.444. The largest absolute Gasteiger partial charge is 0.464 e. The first-order chi connectivity index (χ1) is 9.26. The summed E-state index contributed by atoms with van der Waals surface area (Å²) in [5.41, 5.74) is 2.12. The highest BCUT2D eigenvalue weighted by atomic mass is 16.5. The Hall–Kier alpha value is -2.24. The minimum atomic E-state index is -0.444. The van der Waals surface area contributed by atoms with Gasteiger partial charge in [-0.2, -0.15) is 0 Å². The van der Waals surface area contributed by atoms with Gasteiger partial charge in [0.15, 0.2) is 5.69 Å². The van der Waals surface area contributed by atoms with Crippen LogP contribution in [0.4, 0.5) is 0 Å². The summed E-state index contributed by atoms with van der Waals surface area (Å²) in [7, 11) is 1.35. The fraction of sp³-hybridized carbons (Fsp3) is 0.385. The van der Waals surface area contributed by atoms with Gasteiger partial charge in [0.05, 0.1) is 19.3 Å². The van der Waals surface area contributed by atoms with Crippen molar-refractivity contribution >= 4 is 5.97 Å². The van der Waals surface area contributed by atoms with Crippen molar-refractivity contribution in [3.8, 4) is 0 Å². The minimum Gasteiger partial charge on any atom is -0.464 e. The van der Waals surface area contributed by atoms with Crippen molar-refractivity contribution in [1.82, 2.24) is 20.0 Å². The van der Waals surface area contributed by atoms with Gasteiger partial charge in [0, 0.05) is 12.4 Å². The van der Waals surface area contributed by atoms with Gasteiger partial charge in [-0.05, 0) is 18.1 Å². The van der Waals surface area contributed by atoms with E-state index in [1.807, 2.05) is 19.1 Å². The molecule has 0 atom stereocenters. The zero-order valence-corrected chi connectivity index (χ0v) is 11.0. The Morgan fingerprint density at radius 2 is 2.32 bits per heavy atom. The molecule has 0 fully saturated rings. The van der Waals surface area contributed by atoms with Gasteiger partial charge in [-0.25, -0.2) is 9.48 Å². The van der Waals surface area contributed by atoms with E-state index < -0.39 is 5.97 Å². The van der Waals surface area contributed by atoms with E-state index in [0.717, 1.165) is 24.1 Å². The van der Waals surface area contributed by atoms with Crippen molar-refractivity contribution in [2.45, 2.75) is 26.3 Å². The van der Waals surface area contributed by atoms with E-state index in [1.54, 1.807) is 17.1 Å².